The Morgan fingerprint density at radius 1 is 1.31 bits per heavy atom. The van der Waals surface area contributed by atoms with Gasteiger partial charge in [0, 0.05) is 49.0 Å². The zero-order chi connectivity index (χ0) is 20.2. The summed E-state index contributed by atoms with van der Waals surface area (Å²) in [5.74, 6) is 0.780. The first-order valence-electron chi connectivity index (χ1n) is 9.58. The van der Waals surface area contributed by atoms with Gasteiger partial charge >= 0.3 is 0 Å². The minimum absolute atomic E-state index is 0.0373. The van der Waals surface area contributed by atoms with Crippen molar-refractivity contribution in [2.24, 2.45) is 0 Å². The highest BCUT2D eigenvalue weighted by molar-refractivity contribution is 5.99. The first kappa shape index (κ1) is 19.2. The molecular formula is C21H23N3O5. The van der Waals surface area contributed by atoms with Crippen LogP contribution >= 0.6 is 0 Å². The number of carbonyl (C=O) groups excluding carboxylic acids is 2. The van der Waals surface area contributed by atoms with Crippen LogP contribution in [0.4, 0.5) is 5.69 Å². The molecule has 2 aromatic rings. The topological polar surface area (TPSA) is 90.0 Å². The van der Waals surface area contributed by atoms with Gasteiger partial charge in [-0.15, -0.1) is 0 Å². The van der Waals surface area contributed by atoms with E-state index >= 15 is 0 Å². The SMILES string of the molecule is COc1cccc(N2CC(NC(=O)c3ccnc(OC4CCOC4)c3)CC2=O)c1. The zero-order valence-electron chi connectivity index (χ0n) is 16.2. The van der Waals surface area contributed by atoms with Crippen LogP contribution in [0.25, 0.3) is 0 Å². The molecular weight excluding hydrogens is 374 g/mol. The highest BCUT2D eigenvalue weighted by atomic mass is 16.5. The number of nitrogens with one attached hydrogen (secondary N) is 1. The van der Waals surface area contributed by atoms with Crippen molar-refractivity contribution in [3.8, 4) is 11.6 Å². The number of ether oxygens (including phenoxy) is 3. The molecule has 0 spiro atoms. The third kappa shape index (κ3) is 4.48. The summed E-state index contributed by atoms with van der Waals surface area (Å²) in [5, 5.41) is 2.93. The van der Waals surface area contributed by atoms with E-state index in [-0.39, 0.29) is 30.4 Å². The molecule has 0 radical (unpaired) electrons. The number of nitrogens with zero attached hydrogens (tertiary/aromatic N) is 2. The van der Waals surface area contributed by atoms with Gasteiger partial charge < -0.3 is 24.4 Å². The minimum Gasteiger partial charge on any atom is -0.497 e. The van der Waals surface area contributed by atoms with Gasteiger partial charge in [0.05, 0.1) is 26.4 Å². The number of aromatic nitrogens is 1. The Hall–Kier alpha value is -3.13. The first-order valence-corrected chi connectivity index (χ1v) is 9.58. The summed E-state index contributed by atoms with van der Waals surface area (Å²) in [6.45, 7) is 1.61. The summed E-state index contributed by atoms with van der Waals surface area (Å²) in [5.41, 5.74) is 1.20. The molecule has 1 aromatic carbocycles. The lowest BCUT2D eigenvalue weighted by Gasteiger charge is -2.18. The molecule has 0 aliphatic carbocycles. The van der Waals surface area contributed by atoms with E-state index in [4.69, 9.17) is 14.2 Å². The van der Waals surface area contributed by atoms with E-state index < -0.39 is 0 Å². The van der Waals surface area contributed by atoms with Gasteiger partial charge in [-0.3, -0.25) is 9.59 Å². The number of amides is 2. The molecule has 2 unspecified atom stereocenters. The molecule has 1 aromatic heterocycles. The van der Waals surface area contributed by atoms with E-state index in [1.165, 1.54) is 0 Å². The molecule has 2 aliphatic heterocycles. The van der Waals surface area contributed by atoms with Crippen LogP contribution in [0.2, 0.25) is 0 Å². The van der Waals surface area contributed by atoms with Crippen molar-refractivity contribution < 1.29 is 23.8 Å². The van der Waals surface area contributed by atoms with Crippen LogP contribution in [0.5, 0.6) is 11.6 Å². The van der Waals surface area contributed by atoms with E-state index in [0.29, 0.717) is 37.0 Å². The number of methoxy groups -OCH3 is 1. The summed E-state index contributed by atoms with van der Waals surface area (Å²) in [4.78, 5) is 30.9. The molecule has 2 aliphatic rings. The third-order valence-corrected chi connectivity index (χ3v) is 5.00. The molecule has 2 fully saturated rings. The van der Waals surface area contributed by atoms with Crippen molar-refractivity contribution in [3.63, 3.8) is 0 Å². The normalized spacial score (nSPS) is 21.3. The Bertz CT molecular complexity index is 897. The van der Waals surface area contributed by atoms with E-state index in [9.17, 15) is 9.59 Å². The molecule has 8 heteroatoms. The predicted octanol–water partition coefficient (Wildman–Crippen LogP) is 1.79. The number of pyridine rings is 1. The highest BCUT2D eigenvalue weighted by Gasteiger charge is 2.32. The van der Waals surface area contributed by atoms with Gasteiger partial charge in [0.15, 0.2) is 0 Å². The van der Waals surface area contributed by atoms with Gasteiger partial charge in [0.2, 0.25) is 11.8 Å². The fraction of sp³-hybridized carbons (Fsp3) is 0.381. The van der Waals surface area contributed by atoms with Crippen molar-refractivity contribution in [1.29, 1.82) is 0 Å². The molecule has 3 heterocycles. The predicted molar refractivity (Wildman–Crippen MR) is 105 cm³/mol. The molecule has 2 amide bonds. The van der Waals surface area contributed by atoms with Gasteiger partial charge in [-0.25, -0.2) is 4.98 Å². The standard InChI is InChI=1S/C21H23N3O5/c1-27-17-4-2-3-16(11-17)24-12-15(10-20(24)25)23-21(26)14-5-7-22-19(9-14)29-18-6-8-28-13-18/h2-5,7,9,11,15,18H,6,8,10,12-13H2,1H3,(H,23,26). The second kappa shape index (κ2) is 8.48. The van der Waals surface area contributed by atoms with Crippen molar-refractivity contribution in [1.82, 2.24) is 10.3 Å². The van der Waals surface area contributed by atoms with Gasteiger partial charge in [-0.1, -0.05) is 6.07 Å². The van der Waals surface area contributed by atoms with Gasteiger partial charge in [0.25, 0.3) is 5.91 Å². The number of carbonyl (C=O) groups is 2. The van der Waals surface area contributed by atoms with Crippen molar-refractivity contribution in [2.45, 2.75) is 25.0 Å². The van der Waals surface area contributed by atoms with E-state index in [1.54, 1.807) is 36.4 Å². The quantitative estimate of drug-likeness (QED) is 0.799. The Morgan fingerprint density at radius 3 is 3.00 bits per heavy atom. The van der Waals surface area contributed by atoms with Crippen molar-refractivity contribution >= 4 is 17.5 Å². The zero-order valence-corrected chi connectivity index (χ0v) is 16.2. The Morgan fingerprint density at radius 2 is 2.21 bits per heavy atom. The average Bonchev–Trinajstić information content (AvgIpc) is 3.37. The Balaban J connectivity index is 1.39. The molecule has 0 saturated carbocycles. The molecule has 2 saturated heterocycles. The molecule has 0 bridgehead atoms. The van der Waals surface area contributed by atoms with Crippen LogP contribution in [0, 0.1) is 0 Å². The average molecular weight is 397 g/mol. The van der Waals surface area contributed by atoms with Crippen LogP contribution in [0.1, 0.15) is 23.2 Å². The van der Waals surface area contributed by atoms with Crippen molar-refractivity contribution in [3.05, 3.63) is 48.2 Å². The molecule has 8 nitrogen and oxygen atoms in total. The lowest BCUT2D eigenvalue weighted by atomic mass is 10.2. The number of rotatable bonds is 6. The minimum atomic E-state index is -0.276. The van der Waals surface area contributed by atoms with E-state index in [0.717, 1.165) is 12.1 Å². The van der Waals surface area contributed by atoms with Crippen LogP contribution in [-0.2, 0) is 9.53 Å². The lowest BCUT2D eigenvalue weighted by molar-refractivity contribution is -0.117. The largest absolute Gasteiger partial charge is 0.497 e. The maximum absolute atomic E-state index is 12.7. The molecule has 29 heavy (non-hydrogen) atoms. The van der Waals surface area contributed by atoms with E-state index in [2.05, 4.69) is 10.3 Å². The maximum atomic E-state index is 12.7. The van der Waals surface area contributed by atoms with Crippen molar-refractivity contribution in [2.75, 3.05) is 31.8 Å². The number of benzene rings is 1. The van der Waals surface area contributed by atoms with Gasteiger partial charge in [0.1, 0.15) is 11.9 Å². The molecule has 4 rings (SSSR count). The number of hydrogen-bond acceptors (Lipinski definition) is 6. The smallest absolute Gasteiger partial charge is 0.251 e. The lowest BCUT2D eigenvalue weighted by Crippen LogP contribution is -2.37. The second-order valence-corrected chi connectivity index (χ2v) is 7.07. The summed E-state index contributed by atoms with van der Waals surface area (Å²) in [7, 11) is 1.58. The number of anilines is 1. The summed E-state index contributed by atoms with van der Waals surface area (Å²) >= 11 is 0. The molecule has 152 valence electrons. The summed E-state index contributed by atoms with van der Waals surface area (Å²) < 4.78 is 16.3. The van der Waals surface area contributed by atoms with Crippen LogP contribution in [0.15, 0.2) is 42.6 Å². The fourth-order valence-corrected chi connectivity index (χ4v) is 3.49. The summed E-state index contributed by atoms with van der Waals surface area (Å²) in [6.07, 6.45) is 2.56. The number of hydrogen-bond donors (Lipinski definition) is 1. The Kier molecular flexibility index (Phi) is 5.62. The highest BCUT2D eigenvalue weighted by Crippen LogP contribution is 2.25. The third-order valence-electron chi connectivity index (χ3n) is 5.00. The monoisotopic (exact) mass is 397 g/mol. The second-order valence-electron chi connectivity index (χ2n) is 7.07. The molecule has 2 atom stereocenters. The van der Waals surface area contributed by atoms with Crippen LogP contribution in [0.3, 0.4) is 0 Å². The van der Waals surface area contributed by atoms with E-state index in [1.807, 2.05) is 18.2 Å². The van der Waals surface area contributed by atoms with Crippen LogP contribution < -0.4 is 19.7 Å². The molecule has 1 N–H and O–H groups in total. The van der Waals surface area contributed by atoms with Gasteiger partial charge in [-0.05, 0) is 18.2 Å². The summed E-state index contributed by atoms with van der Waals surface area (Å²) in [6, 6.07) is 10.3. The maximum Gasteiger partial charge on any atom is 0.251 e. The van der Waals surface area contributed by atoms with Gasteiger partial charge in [-0.2, -0.15) is 0 Å². The first-order chi connectivity index (χ1) is 14.1. The van der Waals surface area contributed by atoms with Crippen LogP contribution in [-0.4, -0.2) is 55.8 Å². The fourth-order valence-electron chi connectivity index (χ4n) is 3.49. The Labute approximate surface area is 168 Å².